The molecule has 0 aliphatic heterocycles. The molecule has 9 heteroatoms. The van der Waals surface area contributed by atoms with E-state index in [-0.39, 0.29) is 17.3 Å². The van der Waals surface area contributed by atoms with E-state index in [1.165, 1.54) is 17.0 Å². The van der Waals surface area contributed by atoms with Crippen LogP contribution in [0.1, 0.15) is 44.4 Å². The predicted molar refractivity (Wildman–Crippen MR) is 158 cm³/mol. The van der Waals surface area contributed by atoms with Crippen molar-refractivity contribution >= 4 is 27.5 Å². The Morgan fingerprint density at radius 1 is 0.950 bits per heavy atom. The van der Waals surface area contributed by atoms with E-state index >= 15 is 0 Å². The molecular formula is C31H39N3O5S. The molecule has 1 N–H and O–H groups in total. The maximum absolute atomic E-state index is 14.0. The molecule has 0 radical (unpaired) electrons. The number of anilines is 1. The molecule has 0 unspecified atom stereocenters. The van der Waals surface area contributed by atoms with Gasteiger partial charge in [-0.05, 0) is 83.0 Å². The lowest BCUT2D eigenvalue weighted by atomic mass is 10.1. The lowest BCUT2D eigenvalue weighted by Gasteiger charge is -2.34. The van der Waals surface area contributed by atoms with E-state index in [1.807, 2.05) is 39.8 Å². The summed E-state index contributed by atoms with van der Waals surface area (Å²) in [5, 5.41) is 2.93. The summed E-state index contributed by atoms with van der Waals surface area (Å²) in [5.74, 6) is -0.244. The lowest BCUT2D eigenvalue weighted by Crippen LogP contribution is -2.54. The molecule has 1 atom stereocenters. The SMILES string of the molecule is COc1cccc(CN(C(=O)CN(c2ccccc2C)S(=O)(=O)c2ccc(C)cc2)[C@H](C)C(=O)NC(C)(C)C)c1. The van der Waals surface area contributed by atoms with E-state index in [0.29, 0.717) is 17.0 Å². The number of hydrogen-bond acceptors (Lipinski definition) is 5. The lowest BCUT2D eigenvalue weighted by molar-refractivity contribution is -0.140. The largest absolute Gasteiger partial charge is 0.497 e. The number of aryl methyl sites for hydroxylation is 2. The zero-order valence-electron chi connectivity index (χ0n) is 24.3. The summed E-state index contributed by atoms with van der Waals surface area (Å²) in [6.07, 6.45) is 0. The van der Waals surface area contributed by atoms with Crippen LogP contribution < -0.4 is 14.4 Å². The van der Waals surface area contributed by atoms with Crippen molar-refractivity contribution < 1.29 is 22.7 Å². The monoisotopic (exact) mass is 565 g/mol. The topological polar surface area (TPSA) is 96.0 Å². The average molecular weight is 566 g/mol. The Kier molecular flexibility index (Phi) is 9.63. The van der Waals surface area contributed by atoms with Gasteiger partial charge in [-0.15, -0.1) is 0 Å². The Morgan fingerprint density at radius 2 is 1.60 bits per heavy atom. The van der Waals surface area contributed by atoms with Gasteiger partial charge in [0.25, 0.3) is 10.0 Å². The molecular weight excluding hydrogens is 526 g/mol. The molecule has 0 aliphatic rings. The normalized spacial score (nSPS) is 12.4. The van der Waals surface area contributed by atoms with Crippen LogP contribution >= 0.6 is 0 Å². The molecule has 3 rings (SSSR count). The van der Waals surface area contributed by atoms with E-state index in [0.717, 1.165) is 15.4 Å². The number of para-hydroxylation sites is 1. The highest BCUT2D eigenvalue weighted by molar-refractivity contribution is 7.92. The number of carbonyl (C=O) groups excluding carboxylic acids is 2. The fourth-order valence-electron chi connectivity index (χ4n) is 4.22. The average Bonchev–Trinajstić information content (AvgIpc) is 2.89. The summed E-state index contributed by atoms with van der Waals surface area (Å²) in [6, 6.07) is 19.9. The van der Waals surface area contributed by atoms with Crippen molar-refractivity contribution in [3.63, 3.8) is 0 Å². The fraction of sp³-hybridized carbons (Fsp3) is 0.355. The number of rotatable bonds is 10. The van der Waals surface area contributed by atoms with Crippen molar-refractivity contribution in [2.45, 2.75) is 64.6 Å². The third-order valence-electron chi connectivity index (χ3n) is 6.42. The van der Waals surface area contributed by atoms with Gasteiger partial charge in [-0.3, -0.25) is 13.9 Å². The van der Waals surface area contributed by atoms with Crippen molar-refractivity contribution in [3.8, 4) is 5.75 Å². The van der Waals surface area contributed by atoms with Gasteiger partial charge in [-0.25, -0.2) is 8.42 Å². The molecule has 0 heterocycles. The van der Waals surface area contributed by atoms with E-state index < -0.39 is 34.1 Å². The highest BCUT2D eigenvalue weighted by Gasteiger charge is 2.33. The number of amides is 2. The predicted octanol–water partition coefficient (Wildman–Crippen LogP) is 4.84. The molecule has 0 saturated carbocycles. The maximum Gasteiger partial charge on any atom is 0.264 e. The number of nitrogens with zero attached hydrogens (tertiary/aromatic N) is 2. The number of nitrogens with one attached hydrogen (secondary N) is 1. The van der Waals surface area contributed by atoms with Crippen LogP contribution in [0.5, 0.6) is 5.75 Å². The molecule has 0 spiro atoms. The summed E-state index contributed by atoms with van der Waals surface area (Å²) in [5.41, 5.74) is 2.24. The quantitative estimate of drug-likeness (QED) is 0.380. The molecule has 214 valence electrons. The molecule has 0 aliphatic carbocycles. The number of sulfonamides is 1. The minimum atomic E-state index is -4.11. The second-order valence-electron chi connectivity index (χ2n) is 10.9. The Morgan fingerprint density at radius 3 is 2.20 bits per heavy atom. The van der Waals surface area contributed by atoms with Crippen molar-refractivity contribution in [1.29, 1.82) is 0 Å². The second-order valence-corrected chi connectivity index (χ2v) is 12.8. The maximum atomic E-state index is 14.0. The molecule has 2 amide bonds. The first-order valence-electron chi connectivity index (χ1n) is 13.1. The van der Waals surface area contributed by atoms with Crippen LogP contribution in [0.15, 0.2) is 77.7 Å². The first kappa shape index (κ1) is 30.7. The molecule has 0 aromatic heterocycles. The number of benzene rings is 3. The van der Waals surface area contributed by atoms with Gasteiger partial charge in [0.05, 0.1) is 17.7 Å². The summed E-state index contributed by atoms with van der Waals surface area (Å²) in [7, 11) is -2.56. The van der Waals surface area contributed by atoms with E-state index in [4.69, 9.17) is 4.74 Å². The molecule has 8 nitrogen and oxygen atoms in total. The highest BCUT2D eigenvalue weighted by Crippen LogP contribution is 2.28. The van der Waals surface area contributed by atoms with Crippen molar-refractivity contribution in [3.05, 3.63) is 89.5 Å². The molecule has 0 saturated heterocycles. The fourth-order valence-corrected chi connectivity index (χ4v) is 5.70. The molecule has 0 bridgehead atoms. The zero-order valence-corrected chi connectivity index (χ0v) is 25.1. The van der Waals surface area contributed by atoms with E-state index in [1.54, 1.807) is 69.5 Å². The van der Waals surface area contributed by atoms with Crippen molar-refractivity contribution in [2.24, 2.45) is 0 Å². The first-order chi connectivity index (χ1) is 18.7. The highest BCUT2D eigenvalue weighted by atomic mass is 32.2. The van der Waals surface area contributed by atoms with Gasteiger partial charge in [0.1, 0.15) is 18.3 Å². The van der Waals surface area contributed by atoms with Crippen LogP contribution in [0.2, 0.25) is 0 Å². The van der Waals surface area contributed by atoms with Gasteiger partial charge in [-0.1, -0.05) is 48.0 Å². The first-order valence-corrected chi connectivity index (χ1v) is 14.6. The van der Waals surface area contributed by atoms with Crippen LogP contribution in [-0.4, -0.2) is 50.4 Å². The Hall–Kier alpha value is -3.85. The minimum absolute atomic E-state index is 0.0759. The van der Waals surface area contributed by atoms with Crippen LogP contribution in [-0.2, 0) is 26.2 Å². The van der Waals surface area contributed by atoms with Gasteiger partial charge in [0, 0.05) is 12.1 Å². The molecule has 0 fully saturated rings. The summed E-state index contributed by atoms with van der Waals surface area (Å²) in [4.78, 5) is 28.8. The number of hydrogen-bond donors (Lipinski definition) is 1. The Balaban J connectivity index is 2.06. The number of carbonyl (C=O) groups is 2. The van der Waals surface area contributed by atoms with E-state index in [2.05, 4.69) is 5.32 Å². The van der Waals surface area contributed by atoms with Gasteiger partial charge in [0.15, 0.2) is 0 Å². The van der Waals surface area contributed by atoms with E-state index in [9.17, 15) is 18.0 Å². The third kappa shape index (κ3) is 7.63. The van der Waals surface area contributed by atoms with Crippen LogP contribution in [0.25, 0.3) is 0 Å². The minimum Gasteiger partial charge on any atom is -0.497 e. The second kappa shape index (κ2) is 12.6. The van der Waals surface area contributed by atoms with Crippen molar-refractivity contribution in [1.82, 2.24) is 10.2 Å². The van der Waals surface area contributed by atoms with Gasteiger partial charge in [0.2, 0.25) is 11.8 Å². The van der Waals surface area contributed by atoms with Crippen molar-refractivity contribution in [2.75, 3.05) is 18.0 Å². The summed E-state index contributed by atoms with van der Waals surface area (Å²) < 4.78 is 34.4. The van der Waals surface area contributed by atoms with Gasteiger partial charge >= 0.3 is 0 Å². The summed E-state index contributed by atoms with van der Waals surface area (Å²) >= 11 is 0. The number of ether oxygens (including phenoxy) is 1. The molecule has 3 aromatic carbocycles. The third-order valence-corrected chi connectivity index (χ3v) is 8.20. The van der Waals surface area contributed by atoms with Crippen LogP contribution in [0.4, 0.5) is 5.69 Å². The molecule has 3 aromatic rings. The Labute approximate surface area is 238 Å². The number of methoxy groups -OCH3 is 1. The standard InChI is InChI=1S/C31H39N3O5S/c1-22-15-17-27(18-16-22)40(37,38)34(28-14-9-8-11-23(28)2)21-29(35)33(24(3)30(36)32-31(4,5)6)20-25-12-10-13-26(19-25)39-7/h8-19,24H,20-21H2,1-7H3,(H,32,36)/t24-/m1/s1. The van der Waals surface area contributed by atoms with Crippen LogP contribution in [0.3, 0.4) is 0 Å². The smallest absolute Gasteiger partial charge is 0.264 e. The van der Waals surface area contributed by atoms with Gasteiger partial charge < -0.3 is 15.0 Å². The van der Waals surface area contributed by atoms with Crippen LogP contribution in [0, 0.1) is 13.8 Å². The zero-order chi connectivity index (χ0) is 29.7. The van der Waals surface area contributed by atoms with Gasteiger partial charge in [-0.2, -0.15) is 0 Å². The molecule has 40 heavy (non-hydrogen) atoms. The Bertz CT molecular complexity index is 1450. The summed E-state index contributed by atoms with van der Waals surface area (Å²) in [6.45, 7) is 10.5.